The van der Waals surface area contributed by atoms with Crippen LogP contribution in [0.3, 0.4) is 0 Å². The van der Waals surface area contributed by atoms with Gasteiger partial charge in [0.1, 0.15) is 6.20 Å². The second kappa shape index (κ2) is 5.05. The van der Waals surface area contributed by atoms with Crippen molar-refractivity contribution in [3.05, 3.63) is 33.0 Å². The van der Waals surface area contributed by atoms with E-state index in [9.17, 15) is 14.9 Å². The predicted octanol–water partition coefficient (Wildman–Crippen LogP) is 0.151. The number of nitro groups is 1. The Balaban J connectivity index is 1.91. The van der Waals surface area contributed by atoms with Crippen LogP contribution in [-0.4, -0.2) is 27.6 Å². The first kappa shape index (κ1) is 11.7. The highest BCUT2D eigenvalue weighted by molar-refractivity contribution is 5.20. The molecular formula is C10H14N4O3. The van der Waals surface area contributed by atoms with Gasteiger partial charge >= 0.3 is 11.4 Å². The minimum atomic E-state index is -0.555. The Bertz CT molecular complexity index is 467. The first-order chi connectivity index (χ1) is 8.16. The number of hydrogen-bond donors (Lipinski definition) is 1. The van der Waals surface area contributed by atoms with Gasteiger partial charge in [-0.1, -0.05) is 0 Å². The second-order valence-corrected chi connectivity index (χ2v) is 4.19. The van der Waals surface area contributed by atoms with Gasteiger partial charge in [-0.3, -0.25) is 14.7 Å². The molecule has 1 aliphatic rings. The molecule has 1 aromatic heterocycles. The summed E-state index contributed by atoms with van der Waals surface area (Å²) in [6.07, 6.45) is 4.75. The van der Waals surface area contributed by atoms with Crippen molar-refractivity contribution >= 4 is 5.69 Å². The molecular weight excluding hydrogens is 224 g/mol. The molecule has 1 saturated carbocycles. The van der Waals surface area contributed by atoms with Gasteiger partial charge < -0.3 is 5.32 Å². The Morgan fingerprint density at radius 2 is 2.35 bits per heavy atom. The molecule has 7 heteroatoms. The van der Waals surface area contributed by atoms with E-state index in [-0.39, 0.29) is 5.69 Å². The van der Waals surface area contributed by atoms with E-state index in [1.54, 1.807) is 0 Å². The van der Waals surface area contributed by atoms with E-state index in [1.807, 2.05) is 0 Å². The lowest BCUT2D eigenvalue weighted by Crippen LogP contribution is -2.29. The molecule has 7 nitrogen and oxygen atoms in total. The summed E-state index contributed by atoms with van der Waals surface area (Å²) in [5.74, 6) is 0.773. The van der Waals surface area contributed by atoms with Crippen LogP contribution < -0.4 is 11.0 Å². The molecule has 17 heavy (non-hydrogen) atoms. The van der Waals surface area contributed by atoms with Crippen molar-refractivity contribution in [1.29, 1.82) is 0 Å². The Morgan fingerprint density at radius 1 is 1.59 bits per heavy atom. The van der Waals surface area contributed by atoms with Crippen LogP contribution in [-0.2, 0) is 6.54 Å². The zero-order chi connectivity index (χ0) is 12.3. The molecule has 1 N–H and O–H groups in total. The molecule has 0 radical (unpaired) electrons. The van der Waals surface area contributed by atoms with Gasteiger partial charge in [-0.15, -0.1) is 0 Å². The van der Waals surface area contributed by atoms with Gasteiger partial charge in [-0.2, -0.15) is 4.98 Å². The Morgan fingerprint density at radius 3 is 3.00 bits per heavy atom. The van der Waals surface area contributed by atoms with Crippen molar-refractivity contribution in [3.8, 4) is 0 Å². The van der Waals surface area contributed by atoms with Crippen molar-refractivity contribution in [2.75, 3.05) is 13.1 Å². The minimum Gasteiger partial charge on any atom is -0.315 e. The lowest BCUT2D eigenvalue weighted by Gasteiger charge is -2.05. The van der Waals surface area contributed by atoms with Crippen LogP contribution in [0.5, 0.6) is 0 Å². The maximum absolute atomic E-state index is 11.3. The van der Waals surface area contributed by atoms with E-state index in [4.69, 9.17) is 0 Å². The molecule has 0 atom stereocenters. The highest BCUT2D eigenvalue weighted by atomic mass is 16.6. The maximum atomic E-state index is 11.3. The Kier molecular flexibility index (Phi) is 3.48. The maximum Gasteiger partial charge on any atom is 0.348 e. The van der Waals surface area contributed by atoms with E-state index < -0.39 is 10.6 Å². The fourth-order valence-electron chi connectivity index (χ4n) is 1.53. The third-order valence-electron chi connectivity index (χ3n) is 2.71. The smallest absolute Gasteiger partial charge is 0.315 e. The molecule has 0 amide bonds. The normalized spacial score (nSPS) is 14.8. The van der Waals surface area contributed by atoms with E-state index in [2.05, 4.69) is 10.3 Å². The van der Waals surface area contributed by atoms with Crippen LogP contribution in [0.1, 0.15) is 12.8 Å². The quantitative estimate of drug-likeness (QED) is 0.433. The molecule has 1 heterocycles. The zero-order valence-electron chi connectivity index (χ0n) is 9.33. The number of rotatable bonds is 6. The third-order valence-corrected chi connectivity index (χ3v) is 2.71. The predicted molar refractivity (Wildman–Crippen MR) is 60.7 cm³/mol. The topological polar surface area (TPSA) is 90.1 Å². The average molecular weight is 238 g/mol. The van der Waals surface area contributed by atoms with Crippen LogP contribution >= 0.6 is 0 Å². The van der Waals surface area contributed by atoms with E-state index in [0.717, 1.165) is 18.7 Å². The number of hydrogen-bond acceptors (Lipinski definition) is 5. The first-order valence-electron chi connectivity index (χ1n) is 5.58. The van der Waals surface area contributed by atoms with E-state index >= 15 is 0 Å². The summed E-state index contributed by atoms with van der Waals surface area (Å²) >= 11 is 0. The molecule has 0 unspecified atom stereocenters. The van der Waals surface area contributed by atoms with Crippen LogP contribution in [0.2, 0.25) is 0 Å². The van der Waals surface area contributed by atoms with Crippen LogP contribution in [0, 0.1) is 16.0 Å². The molecule has 0 aromatic carbocycles. The van der Waals surface area contributed by atoms with Gasteiger partial charge in [0.15, 0.2) is 0 Å². The molecule has 2 rings (SSSR count). The fraction of sp³-hybridized carbons (Fsp3) is 0.600. The standard InChI is InChI=1S/C10H14N4O3/c15-10-12-6-9(14(16)17)7-13(10)4-3-11-5-8-1-2-8/h6-8,11H,1-5H2. The van der Waals surface area contributed by atoms with Crippen molar-refractivity contribution in [3.63, 3.8) is 0 Å². The van der Waals surface area contributed by atoms with Crippen LogP contribution in [0.15, 0.2) is 17.2 Å². The van der Waals surface area contributed by atoms with Crippen LogP contribution in [0.4, 0.5) is 5.69 Å². The summed E-state index contributed by atoms with van der Waals surface area (Å²) in [5, 5.41) is 13.7. The number of nitrogens with zero attached hydrogens (tertiary/aromatic N) is 3. The molecule has 1 fully saturated rings. The van der Waals surface area contributed by atoms with Crippen molar-refractivity contribution in [2.45, 2.75) is 19.4 Å². The highest BCUT2D eigenvalue weighted by Crippen LogP contribution is 2.27. The van der Waals surface area contributed by atoms with Gasteiger partial charge in [-0.25, -0.2) is 4.79 Å². The molecule has 1 aliphatic carbocycles. The van der Waals surface area contributed by atoms with E-state index in [1.165, 1.54) is 23.6 Å². The molecule has 0 bridgehead atoms. The first-order valence-corrected chi connectivity index (χ1v) is 5.58. The van der Waals surface area contributed by atoms with Gasteiger partial charge in [0.2, 0.25) is 0 Å². The molecule has 0 saturated heterocycles. The van der Waals surface area contributed by atoms with Gasteiger partial charge in [0.05, 0.1) is 11.1 Å². The Hall–Kier alpha value is -1.76. The highest BCUT2D eigenvalue weighted by Gasteiger charge is 2.20. The molecule has 0 spiro atoms. The average Bonchev–Trinajstić information content (AvgIpc) is 3.10. The zero-order valence-corrected chi connectivity index (χ0v) is 9.33. The number of nitrogens with one attached hydrogen (secondary N) is 1. The molecule has 92 valence electrons. The van der Waals surface area contributed by atoms with Crippen molar-refractivity contribution < 1.29 is 4.92 Å². The summed E-state index contributed by atoms with van der Waals surface area (Å²) in [6.45, 7) is 1.98. The lowest BCUT2D eigenvalue weighted by molar-refractivity contribution is -0.385. The summed E-state index contributed by atoms with van der Waals surface area (Å²) < 4.78 is 1.26. The molecule has 1 aromatic rings. The van der Waals surface area contributed by atoms with Gasteiger partial charge in [0.25, 0.3) is 0 Å². The van der Waals surface area contributed by atoms with Crippen molar-refractivity contribution in [1.82, 2.24) is 14.9 Å². The van der Waals surface area contributed by atoms with Crippen LogP contribution in [0.25, 0.3) is 0 Å². The van der Waals surface area contributed by atoms with Gasteiger partial charge in [0, 0.05) is 13.1 Å². The monoisotopic (exact) mass is 238 g/mol. The largest absolute Gasteiger partial charge is 0.348 e. The fourth-order valence-corrected chi connectivity index (χ4v) is 1.53. The van der Waals surface area contributed by atoms with Gasteiger partial charge in [-0.05, 0) is 25.3 Å². The summed E-state index contributed by atoms with van der Waals surface area (Å²) in [5.41, 5.74) is -0.615. The Labute approximate surface area is 97.6 Å². The second-order valence-electron chi connectivity index (χ2n) is 4.19. The SMILES string of the molecule is O=c1ncc([N+](=O)[O-])cn1CCNCC1CC1. The van der Waals surface area contributed by atoms with Crippen molar-refractivity contribution in [2.24, 2.45) is 5.92 Å². The lowest BCUT2D eigenvalue weighted by atomic mass is 10.4. The number of aromatic nitrogens is 2. The third kappa shape index (κ3) is 3.35. The minimum absolute atomic E-state index is 0.160. The molecule has 0 aliphatic heterocycles. The summed E-state index contributed by atoms with van der Waals surface area (Å²) in [4.78, 5) is 24.8. The van der Waals surface area contributed by atoms with E-state index in [0.29, 0.717) is 13.1 Å². The summed E-state index contributed by atoms with van der Waals surface area (Å²) in [7, 11) is 0. The summed E-state index contributed by atoms with van der Waals surface area (Å²) in [6, 6.07) is 0.